The maximum atomic E-state index is 11.6. The van der Waals surface area contributed by atoms with Crippen LogP contribution in [0.15, 0.2) is 24.3 Å². The van der Waals surface area contributed by atoms with Crippen LogP contribution in [0.25, 0.3) is 0 Å². The van der Waals surface area contributed by atoms with E-state index in [-0.39, 0.29) is 30.7 Å². The second-order valence-electron chi connectivity index (χ2n) is 5.31. The summed E-state index contributed by atoms with van der Waals surface area (Å²) in [6.07, 6.45) is 1.10. The van der Waals surface area contributed by atoms with E-state index in [0.717, 1.165) is 26.1 Å². The summed E-state index contributed by atoms with van der Waals surface area (Å²) in [6.45, 7) is 5.34. The predicted octanol–water partition coefficient (Wildman–Crippen LogP) is 1.24. The lowest BCUT2D eigenvalue weighted by atomic mass is 10.00. The third kappa shape index (κ3) is 7.99. The third-order valence-corrected chi connectivity index (χ3v) is 3.73. The fourth-order valence-electron chi connectivity index (χ4n) is 2.54. The highest BCUT2D eigenvalue weighted by molar-refractivity contribution is 5.85. The van der Waals surface area contributed by atoms with Crippen LogP contribution in [0.2, 0.25) is 0 Å². The quantitative estimate of drug-likeness (QED) is 0.682. The average molecular weight is 364 g/mol. The summed E-state index contributed by atoms with van der Waals surface area (Å²) in [4.78, 5) is 14.0. The number of fused-ring (bicyclic) bond motifs is 1. The molecule has 7 heteroatoms. The molecule has 1 amide bonds. The van der Waals surface area contributed by atoms with Gasteiger partial charge >= 0.3 is 0 Å². The molecule has 0 atom stereocenters. The summed E-state index contributed by atoms with van der Waals surface area (Å²) in [5, 5.41) is 5.98. The molecule has 0 saturated heterocycles. The van der Waals surface area contributed by atoms with Gasteiger partial charge < -0.3 is 15.4 Å². The van der Waals surface area contributed by atoms with Crippen molar-refractivity contribution in [3.05, 3.63) is 35.4 Å². The van der Waals surface area contributed by atoms with E-state index in [4.69, 9.17) is 4.74 Å². The first kappa shape index (κ1) is 22.1. The topological polar surface area (TPSA) is 53.6 Å². The van der Waals surface area contributed by atoms with Crippen LogP contribution in [0.1, 0.15) is 11.1 Å². The van der Waals surface area contributed by atoms with Gasteiger partial charge in [0.25, 0.3) is 0 Å². The van der Waals surface area contributed by atoms with Gasteiger partial charge in [-0.05, 0) is 17.5 Å². The van der Waals surface area contributed by atoms with Crippen molar-refractivity contribution in [3.63, 3.8) is 0 Å². The Kier molecular flexibility index (Phi) is 12.1. The zero-order valence-corrected chi connectivity index (χ0v) is 15.2. The molecule has 2 rings (SSSR count). The Bertz CT molecular complexity index is 461. The van der Waals surface area contributed by atoms with Crippen LogP contribution in [0, 0.1) is 0 Å². The molecule has 1 aliphatic heterocycles. The van der Waals surface area contributed by atoms with Crippen LogP contribution in [-0.2, 0) is 22.5 Å². The Hall–Kier alpha value is -0.850. The van der Waals surface area contributed by atoms with Crippen molar-refractivity contribution in [1.29, 1.82) is 0 Å². The lowest BCUT2D eigenvalue weighted by Crippen LogP contribution is -2.41. The molecule has 0 unspecified atom stereocenters. The molecule has 0 aliphatic carbocycles. The van der Waals surface area contributed by atoms with Crippen LogP contribution in [0.3, 0.4) is 0 Å². The zero-order chi connectivity index (χ0) is 14.9. The number of hydrogen-bond donors (Lipinski definition) is 2. The predicted molar refractivity (Wildman–Crippen MR) is 97.7 cm³/mol. The molecule has 5 nitrogen and oxygen atoms in total. The molecular formula is C16H27Cl2N3O2. The third-order valence-electron chi connectivity index (χ3n) is 3.73. The van der Waals surface area contributed by atoms with E-state index >= 15 is 0 Å². The van der Waals surface area contributed by atoms with E-state index in [1.807, 2.05) is 0 Å². The number of nitrogens with one attached hydrogen (secondary N) is 2. The first-order valence-corrected chi connectivity index (χ1v) is 7.55. The summed E-state index contributed by atoms with van der Waals surface area (Å²) >= 11 is 0. The van der Waals surface area contributed by atoms with E-state index in [9.17, 15) is 4.79 Å². The number of methoxy groups -OCH3 is 1. The van der Waals surface area contributed by atoms with Gasteiger partial charge in [0.15, 0.2) is 0 Å². The minimum absolute atomic E-state index is 0. The van der Waals surface area contributed by atoms with Crippen LogP contribution < -0.4 is 10.6 Å². The van der Waals surface area contributed by atoms with Gasteiger partial charge in [-0.1, -0.05) is 24.3 Å². The number of nitrogens with zero attached hydrogens (tertiary/aromatic N) is 1. The normalized spacial score (nSPS) is 13.4. The van der Waals surface area contributed by atoms with E-state index in [1.165, 1.54) is 11.1 Å². The van der Waals surface area contributed by atoms with Crippen molar-refractivity contribution in [2.24, 2.45) is 0 Å². The smallest absolute Gasteiger partial charge is 0.234 e. The SMILES string of the molecule is COCCNCC(=O)NCCN1CCc2ccccc2C1.Cl.Cl. The molecule has 0 radical (unpaired) electrons. The van der Waals surface area contributed by atoms with Gasteiger partial charge in [-0.2, -0.15) is 0 Å². The lowest BCUT2D eigenvalue weighted by Gasteiger charge is -2.28. The molecule has 23 heavy (non-hydrogen) atoms. The number of carbonyl (C=O) groups excluding carboxylic acids is 1. The lowest BCUT2D eigenvalue weighted by molar-refractivity contribution is -0.120. The summed E-state index contributed by atoms with van der Waals surface area (Å²) in [5.41, 5.74) is 2.87. The molecule has 132 valence electrons. The molecule has 0 bridgehead atoms. The molecule has 1 aliphatic rings. The number of hydrogen-bond acceptors (Lipinski definition) is 4. The average Bonchev–Trinajstić information content (AvgIpc) is 2.51. The number of benzene rings is 1. The molecule has 0 fully saturated rings. The van der Waals surface area contributed by atoms with Crippen molar-refractivity contribution in [2.45, 2.75) is 13.0 Å². The number of ether oxygens (including phenoxy) is 1. The number of halogens is 2. The molecule has 1 heterocycles. The van der Waals surface area contributed by atoms with E-state index in [2.05, 4.69) is 39.8 Å². The van der Waals surface area contributed by atoms with Gasteiger partial charge in [0.05, 0.1) is 13.2 Å². The maximum absolute atomic E-state index is 11.6. The molecule has 0 spiro atoms. The summed E-state index contributed by atoms with van der Waals surface area (Å²) in [6, 6.07) is 8.60. The molecular weight excluding hydrogens is 337 g/mol. The second kappa shape index (κ2) is 12.6. The zero-order valence-electron chi connectivity index (χ0n) is 13.5. The highest BCUT2D eigenvalue weighted by Crippen LogP contribution is 2.17. The van der Waals surface area contributed by atoms with Crippen LogP contribution in [0.5, 0.6) is 0 Å². The van der Waals surface area contributed by atoms with E-state index < -0.39 is 0 Å². The molecule has 2 N–H and O–H groups in total. The standard InChI is InChI=1S/C16H25N3O2.2ClH/c1-21-11-8-17-12-16(20)18-7-10-19-9-6-14-4-2-3-5-15(14)13-19;;/h2-5,17H,6-13H2,1H3,(H,18,20);2*1H. The summed E-state index contributed by atoms with van der Waals surface area (Å²) in [5.74, 6) is 0.0449. The monoisotopic (exact) mass is 363 g/mol. The fraction of sp³-hybridized carbons (Fsp3) is 0.562. The molecule has 1 aromatic carbocycles. The Morgan fingerprint density at radius 3 is 2.70 bits per heavy atom. The highest BCUT2D eigenvalue weighted by Gasteiger charge is 2.15. The van der Waals surface area contributed by atoms with Gasteiger partial charge in [-0.25, -0.2) is 0 Å². The Labute approximate surface area is 151 Å². The van der Waals surface area contributed by atoms with Gasteiger partial charge in [0, 0.05) is 39.8 Å². The first-order valence-electron chi connectivity index (χ1n) is 7.55. The largest absolute Gasteiger partial charge is 0.383 e. The van der Waals surface area contributed by atoms with Gasteiger partial charge in [0.2, 0.25) is 5.91 Å². The van der Waals surface area contributed by atoms with Gasteiger partial charge in [-0.15, -0.1) is 24.8 Å². The number of amides is 1. The van der Waals surface area contributed by atoms with Gasteiger partial charge in [0.1, 0.15) is 0 Å². The van der Waals surface area contributed by atoms with Crippen LogP contribution in [0.4, 0.5) is 0 Å². The summed E-state index contributed by atoms with van der Waals surface area (Å²) in [7, 11) is 1.65. The minimum atomic E-state index is 0. The minimum Gasteiger partial charge on any atom is -0.383 e. The van der Waals surface area contributed by atoms with E-state index in [1.54, 1.807) is 7.11 Å². The number of carbonyl (C=O) groups is 1. The van der Waals surface area contributed by atoms with Crippen LogP contribution >= 0.6 is 24.8 Å². The molecule has 0 aromatic heterocycles. The Balaban J connectivity index is 0.00000242. The van der Waals surface area contributed by atoms with E-state index in [0.29, 0.717) is 26.2 Å². The molecule has 1 aromatic rings. The fourth-order valence-corrected chi connectivity index (χ4v) is 2.54. The van der Waals surface area contributed by atoms with Gasteiger partial charge in [-0.3, -0.25) is 9.69 Å². The Morgan fingerprint density at radius 2 is 1.96 bits per heavy atom. The Morgan fingerprint density at radius 1 is 1.22 bits per heavy atom. The van der Waals surface area contributed by atoms with Crippen molar-refractivity contribution in [2.75, 3.05) is 46.4 Å². The highest BCUT2D eigenvalue weighted by atomic mass is 35.5. The van der Waals surface area contributed by atoms with Crippen molar-refractivity contribution in [3.8, 4) is 0 Å². The maximum Gasteiger partial charge on any atom is 0.234 e. The second-order valence-corrected chi connectivity index (χ2v) is 5.31. The van der Waals surface area contributed by atoms with Crippen molar-refractivity contribution < 1.29 is 9.53 Å². The van der Waals surface area contributed by atoms with Crippen molar-refractivity contribution >= 4 is 30.7 Å². The summed E-state index contributed by atoms with van der Waals surface area (Å²) < 4.78 is 4.91. The number of rotatable bonds is 8. The molecule has 0 saturated carbocycles. The van der Waals surface area contributed by atoms with Crippen LogP contribution in [-0.4, -0.2) is 57.2 Å². The first-order chi connectivity index (χ1) is 10.3. The van der Waals surface area contributed by atoms with Crippen molar-refractivity contribution in [1.82, 2.24) is 15.5 Å².